The molecule has 7 heteroatoms. The zero-order valence-electron chi connectivity index (χ0n) is 13.2. The van der Waals surface area contributed by atoms with E-state index in [0.717, 1.165) is 10.5 Å². The van der Waals surface area contributed by atoms with Crippen LogP contribution in [0.25, 0.3) is 0 Å². The van der Waals surface area contributed by atoms with Crippen LogP contribution in [0, 0.1) is 0 Å². The van der Waals surface area contributed by atoms with E-state index in [4.69, 9.17) is 4.74 Å². The van der Waals surface area contributed by atoms with Crippen molar-refractivity contribution >= 4 is 16.3 Å². The van der Waals surface area contributed by atoms with E-state index < -0.39 is 33.7 Å². The summed E-state index contributed by atoms with van der Waals surface area (Å²) in [7, 11) is -3.31. The lowest BCUT2D eigenvalue weighted by Gasteiger charge is -2.30. The average Bonchev–Trinajstić information content (AvgIpc) is 2.34. The number of carbonyl (C=O) groups is 1. The molecule has 0 aliphatic carbocycles. The second kappa shape index (κ2) is 7.09. The molecule has 0 saturated heterocycles. The Labute approximate surface area is 131 Å². The second-order valence-corrected chi connectivity index (χ2v) is 7.55. The molecule has 1 atom stereocenters. The molecule has 5 nitrogen and oxygen atoms in total. The summed E-state index contributed by atoms with van der Waals surface area (Å²) in [5.41, 5.74) is 0.101. The number of rotatable bonds is 5. The molecular formula is C15H22FNO4S. The molecule has 0 aliphatic rings. The van der Waals surface area contributed by atoms with Crippen molar-refractivity contribution in [2.24, 2.45) is 0 Å². The van der Waals surface area contributed by atoms with Crippen LogP contribution in [0.5, 0.6) is 0 Å². The van der Waals surface area contributed by atoms with Crippen LogP contribution in [-0.2, 0) is 21.4 Å². The van der Waals surface area contributed by atoms with Crippen LogP contribution in [0.1, 0.15) is 26.3 Å². The van der Waals surface area contributed by atoms with E-state index >= 15 is 0 Å². The number of carbonyl (C=O) groups excluding carboxylic acids is 1. The first-order chi connectivity index (χ1) is 9.98. The number of ether oxygens (including phenoxy) is 1. The van der Waals surface area contributed by atoms with Crippen molar-refractivity contribution in [3.63, 3.8) is 0 Å². The van der Waals surface area contributed by atoms with Crippen LogP contribution >= 0.6 is 0 Å². The van der Waals surface area contributed by atoms with Crippen molar-refractivity contribution in [3.8, 4) is 0 Å². The van der Waals surface area contributed by atoms with Crippen molar-refractivity contribution in [1.29, 1.82) is 0 Å². The van der Waals surface area contributed by atoms with E-state index in [1.807, 2.05) is 6.07 Å². The van der Waals surface area contributed by atoms with Crippen LogP contribution in [0.2, 0.25) is 0 Å². The Bertz CT molecular complexity index is 596. The fourth-order valence-corrected chi connectivity index (χ4v) is 2.71. The predicted molar refractivity (Wildman–Crippen MR) is 82.8 cm³/mol. The fraction of sp³-hybridized carbons (Fsp3) is 0.533. The molecule has 1 aromatic carbocycles. The first-order valence-corrected chi connectivity index (χ1v) is 8.45. The summed E-state index contributed by atoms with van der Waals surface area (Å²) >= 11 is 0. The summed E-state index contributed by atoms with van der Waals surface area (Å²) in [6, 6.07) is 8.16. The van der Waals surface area contributed by atoms with E-state index in [0.29, 0.717) is 0 Å². The topological polar surface area (TPSA) is 63.7 Å². The molecule has 0 aliphatic heterocycles. The molecule has 0 fully saturated rings. The zero-order chi connectivity index (χ0) is 17.0. The Hall–Kier alpha value is -1.63. The SMILES string of the molecule is CN(C(=O)OC(C)(C)C)C(Cc1ccccc1)CS(=O)(=O)F. The summed E-state index contributed by atoms with van der Waals surface area (Å²) in [4.78, 5) is 13.2. The second-order valence-electron chi connectivity index (χ2n) is 6.14. The molecule has 1 amide bonds. The van der Waals surface area contributed by atoms with Gasteiger partial charge in [-0.2, -0.15) is 8.42 Å². The molecule has 1 aromatic rings. The molecular weight excluding hydrogens is 309 g/mol. The van der Waals surface area contributed by atoms with Gasteiger partial charge in [0, 0.05) is 7.05 Å². The third-order valence-electron chi connectivity index (χ3n) is 2.93. The van der Waals surface area contributed by atoms with Crippen LogP contribution in [0.15, 0.2) is 30.3 Å². The van der Waals surface area contributed by atoms with Crippen molar-refractivity contribution in [1.82, 2.24) is 4.90 Å². The van der Waals surface area contributed by atoms with E-state index in [9.17, 15) is 17.1 Å². The van der Waals surface area contributed by atoms with Crippen LogP contribution in [-0.4, -0.2) is 43.9 Å². The van der Waals surface area contributed by atoms with Crippen LogP contribution in [0.4, 0.5) is 8.68 Å². The van der Waals surface area contributed by atoms with E-state index in [2.05, 4.69) is 0 Å². The fourth-order valence-electron chi connectivity index (χ4n) is 1.91. The Morgan fingerprint density at radius 1 is 1.27 bits per heavy atom. The van der Waals surface area contributed by atoms with E-state index in [-0.39, 0.29) is 6.42 Å². The van der Waals surface area contributed by atoms with Gasteiger partial charge in [0.2, 0.25) is 0 Å². The lowest BCUT2D eigenvalue weighted by molar-refractivity contribution is 0.0238. The minimum absolute atomic E-state index is 0.222. The van der Waals surface area contributed by atoms with Gasteiger partial charge in [0.25, 0.3) is 0 Å². The molecule has 0 radical (unpaired) electrons. The lowest BCUT2D eigenvalue weighted by atomic mass is 10.1. The monoisotopic (exact) mass is 331 g/mol. The maximum atomic E-state index is 13.1. The van der Waals surface area contributed by atoms with Crippen LogP contribution < -0.4 is 0 Å². The largest absolute Gasteiger partial charge is 0.444 e. The van der Waals surface area contributed by atoms with Gasteiger partial charge in [0.1, 0.15) is 11.4 Å². The number of hydrogen-bond donors (Lipinski definition) is 0. The summed E-state index contributed by atoms with van der Waals surface area (Å²) in [5.74, 6) is -0.766. The molecule has 0 N–H and O–H groups in total. The number of benzene rings is 1. The molecule has 22 heavy (non-hydrogen) atoms. The zero-order valence-corrected chi connectivity index (χ0v) is 14.1. The third-order valence-corrected chi connectivity index (χ3v) is 3.72. The highest BCUT2D eigenvalue weighted by atomic mass is 32.3. The number of halogens is 1. The van der Waals surface area contributed by atoms with Gasteiger partial charge in [0.05, 0.1) is 6.04 Å². The third kappa shape index (κ3) is 6.89. The first-order valence-electron chi connectivity index (χ1n) is 6.90. The van der Waals surface area contributed by atoms with Gasteiger partial charge in [-0.25, -0.2) is 4.79 Å². The maximum Gasteiger partial charge on any atom is 0.410 e. The highest BCUT2D eigenvalue weighted by Gasteiger charge is 2.29. The highest BCUT2D eigenvalue weighted by molar-refractivity contribution is 7.86. The summed E-state index contributed by atoms with van der Waals surface area (Å²) < 4.78 is 40.3. The molecule has 1 rings (SSSR count). The Morgan fingerprint density at radius 3 is 2.27 bits per heavy atom. The number of likely N-dealkylation sites (N-methyl/N-ethyl adjacent to an activating group) is 1. The molecule has 0 bridgehead atoms. The van der Waals surface area contributed by atoms with Gasteiger partial charge in [-0.05, 0) is 32.8 Å². The van der Waals surface area contributed by atoms with Gasteiger partial charge in [-0.3, -0.25) is 0 Å². The molecule has 0 saturated carbocycles. The van der Waals surface area contributed by atoms with E-state index in [1.54, 1.807) is 45.0 Å². The van der Waals surface area contributed by atoms with Gasteiger partial charge in [-0.1, -0.05) is 30.3 Å². The Morgan fingerprint density at radius 2 is 1.82 bits per heavy atom. The van der Waals surface area contributed by atoms with Crippen molar-refractivity contribution in [2.45, 2.75) is 38.8 Å². The highest BCUT2D eigenvalue weighted by Crippen LogP contribution is 2.15. The molecule has 0 heterocycles. The normalized spacial score (nSPS) is 13.5. The quantitative estimate of drug-likeness (QED) is 0.778. The minimum Gasteiger partial charge on any atom is -0.444 e. The Kier molecular flexibility index (Phi) is 5.93. The molecule has 124 valence electrons. The first kappa shape index (κ1) is 18.4. The van der Waals surface area contributed by atoms with Crippen molar-refractivity contribution < 1.29 is 21.8 Å². The molecule has 1 unspecified atom stereocenters. The summed E-state index contributed by atoms with van der Waals surface area (Å²) in [6.45, 7) is 5.12. The number of nitrogens with zero attached hydrogens (tertiary/aromatic N) is 1. The minimum atomic E-state index is -4.72. The van der Waals surface area contributed by atoms with Crippen LogP contribution in [0.3, 0.4) is 0 Å². The molecule has 0 aromatic heterocycles. The average molecular weight is 331 g/mol. The van der Waals surface area contributed by atoms with Gasteiger partial charge >= 0.3 is 16.3 Å². The summed E-state index contributed by atoms with van der Waals surface area (Å²) in [6.07, 6.45) is -0.461. The maximum absolute atomic E-state index is 13.1. The van der Waals surface area contributed by atoms with Crippen molar-refractivity contribution in [2.75, 3.05) is 12.8 Å². The predicted octanol–water partition coefficient (Wildman–Crippen LogP) is 2.76. The van der Waals surface area contributed by atoms with E-state index in [1.165, 1.54) is 7.05 Å². The number of hydrogen-bond acceptors (Lipinski definition) is 4. The van der Waals surface area contributed by atoms with Crippen molar-refractivity contribution in [3.05, 3.63) is 35.9 Å². The smallest absolute Gasteiger partial charge is 0.410 e. The summed E-state index contributed by atoms with van der Waals surface area (Å²) in [5, 5.41) is 0. The Balaban J connectivity index is 2.92. The van der Waals surface area contributed by atoms with Gasteiger partial charge in [-0.15, -0.1) is 3.89 Å². The lowest BCUT2D eigenvalue weighted by Crippen LogP contribution is -2.44. The number of amides is 1. The standard InChI is InChI=1S/C15H22FNO4S/c1-15(2,3)21-14(18)17(4)13(11-22(16,19)20)10-12-8-6-5-7-9-12/h5-9,13H,10-11H2,1-4H3. The van der Waals surface area contributed by atoms with Gasteiger partial charge in [0.15, 0.2) is 0 Å². The molecule has 0 spiro atoms. The van der Waals surface area contributed by atoms with Gasteiger partial charge < -0.3 is 9.64 Å².